The monoisotopic (exact) mass is 800 g/mol. The zero-order valence-electron chi connectivity index (χ0n) is 37.0. The number of esters is 1. The van der Waals surface area contributed by atoms with Crippen LogP contribution in [0.3, 0.4) is 0 Å². The summed E-state index contributed by atoms with van der Waals surface area (Å²) in [6.45, 7) is 35.2. The fraction of sp³-hybridized carbons (Fsp3) is 0.907. The van der Waals surface area contributed by atoms with Gasteiger partial charge >= 0.3 is 5.97 Å². The van der Waals surface area contributed by atoms with E-state index >= 15 is 0 Å². The highest BCUT2D eigenvalue weighted by molar-refractivity contribution is 7.61. The van der Waals surface area contributed by atoms with E-state index in [1.165, 1.54) is 6.92 Å². The van der Waals surface area contributed by atoms with Crippen molar-refractivity contribution in [2.24, 2.45) is 51.6 Å². The molecule has 11 nitrogen and oxygen atoms in total. The van der Waals surface area contributed by atoms with Gasteiger partial charge in [-0.25, -0.2) is 4.76 Å². The molecule has 0 saturated carbocycles. The molecule has 3 heterocycles. The number of rotatable bonds is 9. The van der Waals surface area contributed by atoms with Gasteiger partial charge in [-0.15, -0.1) is 6.58 Å². The number of ether oxygens (including phenoxy) is 6. The first-order valence-corrected chi connectivity index (χ1v) is 23.4. The van der Waals surface area contributed by atoms with Crippen molar-refractivity contribution in [1.82, 2.24) is 0 Å². The van der Waals surface area contributed by atoms with E-state index in [0.717, 1.165) is 6.42 Å². The lowest BCUT2D eigenvalue weighted by Crippen LogP contribution is -2.59. The summed E-state index contributed by atoms with van der Waals surface area (Å²) in [7, 11) is -3.04. The average molecular weight is 800 g/mol. The van der Waals surface area contributed by atoms with Crippen LogP contribution in [0.4, 0.5) is 0 Å². The zero-order chi connectivity index (χ0) is 42.0. The maximum Gasteiger partial charge on any atom is 0.311 e. The number of aliphatic hydroxyl groups excluding tert-OH is 1. The highest BCUT2D eigenvalue weighted by Crippen LogP contribution is 2.46. The normalized spacial score (nSPS) is 46.1. The van der Waals surface area contributed by atoms with Crippen LogP contribution in [-0.2, 0) is 37.8 Å². The summed E-state index contributed by atoms with van der Waals surface area (Å²) < 4.78 is 58.4. The molecule has 17 atom stereocenters. The summed E-state index contributed by atoms with van der Waals surface area (Å²) in [4.78, 5) is 14.4. The standard InChI is InChI=1S/C43H78NO10P/c1-18-20-49-42(14)22-25(4)35(44-55(16,17)48)28(7)37(45)43(15,47)33(19-2)52-39(46)30(9)36(53-34-23-41(12,13)31(10)32(11)51-34)29(8)38(42)54-40-27(6)24(3)21-26(5)50-40/h18,24-34,36-38,40,45,47H,1,19-23H2,2-17H3/t24-,25+,26+,27+,28-,29-,30+,31-,32-,33+,34-,36-,37+,38+,40-,42-,43+/m0/s1. The number of carbonyl (C=O) groups is 1. The largest absolute Gasteiger partial charge is 0.459 e. The molecule has 0 aromatic heterocycles. The van der Waals surface area contributed by atoms with Crippen molar-refractivity contribution in [3.8, 4) is 0 Å². The summed E-state index contributed by atoms with van der Waals surface area (Å²) in [5, 5.41) is 24.0. The molecule has 0 aliphatic carbocycles. The highest BCUT2D eigenvalue weighted by atomic mass is 31.2. The topological polar surface area (TPSA) is 142 Å². The van der Waals surface area contributed by atoms with Crippen molar-refractivity contribution in [1.29, 1.82) is 0 Å². The maximum atomic E-state index is 14.4. The van der Waals surface area contributed by atoms with Gasteiger partial charge in [0, 0.05) is 43.2 Å². The fourth-order valence-corrected chi connectivity index (χ4v) is 10.2. The smallest absolute Gasteiger partial charge is 0.311 e. The van der Waals surface area contributed by atoms with Crippen molar-refractivity contribution >= 4 is 19.0 Å². The first kappa shape index (κ1) is 48.2. The minimum atomic E-state index is -3.04. The van der Waals surface area contributed by atoms with E-state index in [0.29, 0.717) is 24.5 Å². The highest BCUT2D eigenvalue weighted by Gasteiger charge is 2.53. The van der Waals surface area contributed by atoms with Crippen LogP contribution >= 0.6 is 7.29 Å². The van der Waals surface area contributed by atoms with Crippen LogP contribution in [0, 0.1) is 46.8 Å². The van der Waals surface area contributed by atoms with Gasteiger partial charge in [0.15, 0.2) is 19.9 Å². The first-order chi connectivity index (χ1) is 25.2. The van der Waals surface area contributed by atoms with Gasteiger partial charge in [-0.3, -0.25) is 9.36 Å². The van der Waals surface area contributed by atoms with Crippen molar-refractivity contribution in [2.75, 3.05) is 19.9 Å². The molecule has 0 radical (unpaired) electrons. The van der Waals surface area contributed by atoms with Gasteiger partial charge in [-0.1, -0.05) is 68.4 Å². The molecule has 0 bridgehead atoms. The molecule has 3 rings (SSSR count). The van der Waals surface area contributed by atoms with E-state index < -0.39 is 85.1 Å². The lowest BCUT2D eigenvalue weighted by atomic mass is 9.72. The average Bonchev–Trinajstić information content (AvgIpc) is 3.08. The molecule has 0 amide bonds. The summed E-state index contributed by atoms with van der Waals surface area (Å²) in [5.41, 5.74) is -2.59. The minimum absolute atomic E-state index is 0.0327. The van der Waals surface area contributed by atoms with Crippen LogP contribution in [0.2, 0.25) is 0 Å². The van der Waals surface area contributed by atoms with Crippen LogP contribution in [0.25, 0.3) is 0 Å². The Labute approximate surface area is 333 Å². The first-order valence-electron chi connectivity index (χ1n) is 20.8. The van der Waals surface area contributed by atoms with Gasteiger partial charge in [0.1, 0.15) is 11.7 Å². The number of nitrogens with zero attached hydrogens (tertiary/aromatic N) is 1. The third kappa shape index (κ3) is 11.5. The Morgan fingerprint density at radius 1 is 0.945 bits per heavy atom. The Morgan fingerprint density at radius 3 is 2.11 bits per heavy atom. The number of hydrogen-bond acceptors (Lipinski definition) is 10. The molecule has 55 heavy (non-hydrogen) atoms. The number of hydrogen-bond donors (Lipinski definition) is 2. The van der Waals surface area contributed by atoms with Gasteiger partial charge in [-0.2, -0.15) is 0 Å². The van der Waals surface area contributed by atoms with Crippen LogP contribution < -0.4 is 0 Å². The predicted molar refractivity (Wildman–Crippen MR) is 218 cm³/mol. The van der Waals surface area contributed by atoms with E-state index in [4.69, 9.17) is 33.2 Å². The molecule has 3 fully saturated rings. The van der Waals surface area contributed by atoms with Crippen LogP contribution in [-0.4, -0.2) is 102 Å². The van der Waals surface area contributed by atoms with Crippen LogP contribution in [0.5, 0.6) is 0 Å². The van der Waals surface area contributed by atoms with Gasteiger partial charge < -0.3 is 38.6 Å². The number of cyclic esters (lactones) is 1. The molecule has 12 heteroatoms. The SMILES string of the molecule is C=CCO[C@@]1(C)C[C@@H](C)C(=NP(C)(C)=O)[C@H](C)[C@@H](O)[C@](C)(O)[C@@H](CC)OC(=O)[C@H](C)[C@@H](O[C@H]2CC(C)(C)[C@@H](C)[C@H](C)O2)[C@H](C)[C@H]1O[C@@H]1O[C@H](C)C[C@H](C)[C@H]1C. The molecule has 3 aliphatic rings. The van der Waals surface area contributed by atoms with Crippen LogP contribution in [0.15, 0.2) is 17.4 Å². The zero-order valence-corrected chi connectivity index (χ0v) is 37.9. The molecule has 0 unspecified atom stereocenters. The summed E-state index contributed by atoms with van der Waals surface area (Å²) in [5.74, 6) is -2.46. The van der Waals surface area contributed by atoms with Gasteiger partial charge in [0.25, 0.3) is 0 Å². The third-order valence-corrected chi connectivity index (χ3v) is 14.1. The molecule has 0 spiro atoms. The van der Waals surface area contributed by atoms with Crippen molar-refractivity contribution in [3.05, 3.63) is 12.7 Å². The second-order valence-electron chi connectivity index (χ2n) is 19.1. The Balaban J connectivity index is 2.34. The predicted octanol–water partition coefficient (Wildman–Crippen LogP) is 8.28. The maximum absolute atomic E-state index is 14.4. The lowest BCUT2D eigenvalue weighted by Gasteiger charge is -2.50. The van der Waals surface area contributed by atoms with E-state index in [-0.39, 0.29) is 42.5 Å². The van der Waals surface area contributed by atoms with E-state index in [9.17, 15) is 19.6 Å². The summed E-state index contributed by atoms with van der Waals surface area (Å²) in [6, 6.07) is 0. The Kier molecular flexibility index (Phi) is 16.5. The van der Waals surface area contributed by atoms with E-state index in [1.807, 2.05) is 20.8 Å². The van der Waals surface area contributed by atoms with E-state index in [1.54, 1.807) is 40.2 Å². The van der Waals surface area contributed by atoms with Gasteiger partial charge in [0.2, 0.25) is 0 Å². The second kappa shape index (κ2) is 18.8. The summed E-state index contributed by atoms with van der Waals surface area (Å²) in [6.07, 6.45) is -1.58. The minimum Gasteiger partial charge on any atom is -0.459 e. The van der Waals surface area contributed by atoms with Crippen molar-refractivity contribution < 1.29 is 48.0 Å². The molecule has 0 aromatic carbocycles. The van der Waals surface area contributed by atoms with Gasteiger partial charge in [0.05, 0.1) is 48.6 Å². The summed E-state index contributed by atoms with van der Waals surface area (Å²) >= 11 is 0. The quantitative estimate of drug-likeness (QED) is 0.133. The molecule has 3 saturated heterocycles. The molecule has 2 N–H and O–H groups in total. The Morgan fingerprint density at radius 2 is 1.56 bits per heavy atom. The van der Waals surface area contributed by atoms with E-state index in [2.05, 4.69) is 55.0 Å². The Bertz CT molecular complexity index is 1360. The Hall–Kier alpha value is -1.17. The molecule has 0 aromatic rings. The molecule has 3 aliphatic heterocycles. The van der Waals surface area contributed by atoms with Crippen molar-refractivity contribution in [3.63, 3.8) is 0 Å². The van der Waals surface area contributed by atoms with Crippen molar-refractivity contribution in [2.45, 2.75) is 183 Å². The molecular formula is C43H78NO10P. The number of carbonyl (C=O) groups excluding carboxylic acids is 1. The van der Waals surface area contributed by atoms with Crippen LogP contribution in [0.1, 0.15) is 123 Å². The third-order valence-electron chi connectivity index (χ3n) is 13.4. The number of aliphatic hydroxyl groups is 2. The lowest BCUT2D eigenvalue weighted by molar-refractivity contribution is -0.304. The fourth-order valence-electron chi connectivity index (χ4n) is 9.31. The molecule has 320 valence electrons. The molecular weight excluding hydrogens is 721 g/mol. The van der Waals surface area contributed by atoms with Gasteiger partial charge in [-0.05, 0) is 77.0 Å². The second-order valence-corrected chi connectivity index (χ2v) is 21.9.